The number of fused-ring (bicyclic) bond motifs is 1. The van der Waals surface area contributed by atoms with Gasteiger partial charge in [0, 0.05) is 0 Å². The number of carbonyl (C=O) groups is 3. The average Bonchev–Trinajstić information content (AvgIpc) is 2.67. The van der Waals surface area contributed by atoms with E-state index < -0.39 is 35.6 Å². The second kappa shape index (κ2) is 7.86. The average molecular weight is 443 g/mol. The number of hydrogen-bond acceptors (Lipinski definition) is 4. The Hall–Kier alpha value is -3.27. The number of carboxylic acids is 1. The summed E-state index contributed by atoms with van der Waals surface area (Å²) in [5, 5.41) is 11.3. The van der Waals surface area contributed by atoms with Crippen LogP contribution in [0.15, 0.2) is 36.4 Å². The Labute approximate surface area is 173 Å². The first kappa shape index (κ1) is 21.4. The Morgan fingerprint density at radius 2 is 1.93 bits per heavy atom. The van der Waals surface area contributed by atoms with Crippen molar-refractivity contribution in [3.63, 3.8) is 0 Å². The van der Waals surface area contributed by atoms with Gasteiger partial charge < -0.3 is 15.2 Å². The first-order valence-electron chi connectivity index (χ1n) is 8.49. The Balaban J connectivity index is 1.91. The largest absolute Gasteiger partial charge is 0.482 e. The molecule has 158 valence electrons. The zero-order valence-electron chi connectivity index (χ0n) is 15.3. The van der Waals surface area contributed by atoms with Crippen LogP contribution in [0.1, 0.15) is 22.8 Å². The lowest BCUT2D eigenvalue weighted by atomic mass is 10.1. The summed E-state index contributed by atoms with van der Waals surface area (Å²) in [6, 6.07) is 5.07. The number of aromatic carboxylic acids is 1. The van der Waals surface area contributed by atoms with E-state index in [-0.39, 0.29) is 34.3 Å². The van der Waals surface area contributed by atoms with Gasteiger partial charge in [0.1, 0.15) is 11.8 Å². The molecule has 2 N–H and O–H groups in total. The van der Waals surface area contributed by atoms with E-state index in [1.165, 1.54) is 25.1 Å². The van der Waals surface area contributed by atoms with Crippen molar-refractivity contribution >= 4 is 40.8 Å². The van der Waals surface area contributed by atoms with E-state index in [9.17, 15) is 32.7 Å². The van der Waals surface area contributed by atoms with E-state index in [2.05, 4.69) is 5.32 Å². The van der Waals surface area contributed by atoms with Crippen molar-refractivity contribution in [2.45, 2.75) is 19.1 Å². The third kappa shape index (κ3) is 4.18. The molecule has 1 aliphatic heterocycles. The highest BCUT2D eigenvalue weighted by Crippen LogP contribution is 2.36. The fourth-order valence-electron chi connectivity index (χ4n) is 2.88. The number of alkyl halides is 3. The molecule has 1 unspecified atom stereocenters. The molecule has 2 amide bonds. The molecule has 0 saturated carbocycles. The lowest BCUT2D eigenvalue weighted by molar-refractivity contribution is -0.137. The number of rotatable bonds is 4. The highest BCUT2D eigenvalue weighted by Gasteiger charge is 2.35. The Kier molecular flexibility index (Phi) is 5.62. The topological polar surface area (TPSA) is 95.9 Å². The van der Waals surface area contributed by atoms with Crippen molar-refractivity contribution in [1.29, 1.82) is 0 Å². The molecule has 2 aromatic rings. The molecule has 2 aromatic carbocycles. The predicted octanol–water partition coefficient (Wildman–Crippen LogP) is 3.81. The van der Waals surface area contributed by atoms with Crippen LogP contribution in [0.3, 0.4) is 0 Å². The number of benzene rings is 2. The van der Waals surface area contributed by atoms with Crippen molar-refractivity contribution in [2.24, 2.45) is 0 Å². The number of hydrogen-bond donors (Lipinski definition) is 2. The summed E-state index contributed by atoms with van der Waals surface area (Å²) in [5.41, 5.74) is -1.35. The molecule has 1 heterocycles. The molecule has 7 nitrogen and oxygen atoms in total. The minimum Gasteiger partial charge on any atom is -0.482 e. The predicted molar refractivity (Wildman–Crippen MR) is 101 cm³/mol. The number of amides is 2. The molecule has 3 rings (SSSR count). The summed E-state index contributed by atoms with van der Waals surface area (Å²) in [4.78, 5) is 37.4. The van der Waals surface area contributed by atoms with Crippen LogP contribution in [0.5, 0.6) is 5.75 Å². The van der Waals surface area contributed by atoms with Gasteiger partial charge in [-0.2, -0.15) is 13.2 Å². The zero-order chi connectivity index (χ0) is 22.2. The normalized spacial score (nSPS) is 14.6. The van der Waals surface area contributed by atoms with Crippen molar-refractivity contribution in [3.8, 4) is 5.75 Å². The van der Waals surface area contributed by atoms with Crippen LogP contribution in [0.25, 0.3) is 0 Å². The van der Waals surface area contributed by atoms with Crippen molar-refractivity contribution < 1.29 is 37.4 Å². The quantitative estimate of drug-likeness (QED) is 0.750. The van der Waals surface area contributed by atoms with E-state index in [0.29, 0.717) is 6.07 Å². The maximum absolute atomic E-state index is 12.9. The molecular weight excluding hydrogens is 429 g/mol. The molecule has 0 fully saturated rings. The van der Waals surface area contributed by atoms with Gasteiger partial charge >= 0.3 is 12.1 Å². The number of anilines is 2. The molecule has 0 bridgehead atoms. The maximum Gasteiger partial charge on any atom is 0.416 e. The number of nitrogens with one attached hydrogen (secondary N) is 1. The molecular formula is C19H14ClF3N2O5. The highest BCUT2D eigenvalue weighted by molar-refractivity contribution is 6.33. The second-order valence-electron chi connectivity index (χ2n) is 6.40. The van der Waals surface area contributed by atoms with Crippen molar-refractivity contribution in [2.75, 3.05) is 16.8 Å². The number of carbonyl (C=O) groups excluding carboxylic acids is 2. The van der Waals surface area contributed by atoms with Gasteiger partial charge in [0.25, 0.3) is 5.91 Å². The minimum atomic E-state index is -4.64. The molecule has 0 aromatic heterocycles. The first-order valence-corrected chi connectivity index (χ1v) is 8.86. The van der Waals surface area contributed by atoms with Gasteiger partial charge in [0.2, 0.25) is 5.91 Å². The second-order valence-corrected chi connectivity index (χ2v) is 6.80. The summed E-state index contributed by atoms with van der Waals surface area (Å²) >= 11 is 5.90. The molecule has 1 aliphatic rings. The Bertz CT molecular complexity index is 1040. The summed E-state index contributed by atoms with van der Waals surface area (Å²) in [6.07, 6.45) is -4.64. The van der Waals surface area contributed by atoms with Crippen molar-refractivity contribution in [3.05, 3.63) is 52.5 Å². The van der Waals surface area contributed by atoms with E-state index in [4.69, 9.17) is 16.3 Å². The zero-order valence-corrected chi connectivity index (χ0v) is 16.0. The lowest BCUT2D eigenvalue weighted by Gasteiger charge is -2.33. The molecule has 1 atom stereocenters. The van der Waals surface area contributed by atoms with Crippen molar-refractivity contribution in [1.82, 2.24) is 0 Å². The number of nitrogens with zero attached hydrogens (tertiary/aromatic N) is 1. The standard InChI is InChI=1S/C19H14ClF3N2O5/c1-9(17(27)24-13-7-11(19(21,22)23)3-4-12(13)20)25-14-6-10(18(28)29)2-5-15(14)30-8-16(25)26/h2-7,9H,8H2,1H3,(H,24,27)(H,28,29). The number of halogens is 4. The van der Waals surface area contributed by atoms with Gasteiger partial charge in [0.05, 0.1) is 27.5 Å². The number of ether oxygens (including phenoxy) is 1. The van der Waals surface area contributed by atoms with Crippen LogP contribution in [0.4, 0.5) is 24.5 Å². The van der Waals surface area contributed by atoms with Gasteiger partial charge in [-0.3, -0.25) is 14.5 Å². The van der Waals surface area contributed by atoms with E-state index in [1.54, 1.807) is 0 Å². The Morgan fingerprint density at radius 1 is 1.23 bits per heavy atom. The maximum atomic E-state index is 12.9. The molecule has 0 spiro atoms. The smallest absolute Gasteiger partial charge is 0.416 e. The molecule has 11 heteroatoms. The number of carboxylic acid groups (broad SMARTS) is 1. The monoisotopic (exact) mass is 442 g/mol. The van der Waals surface area contributed by atoms with Gasteiger partial charge in [-0.15, -0.1) is 0 Å². The van der Waals surface area contributed by atoms with E-state index in [1.807, 2.05) is 0 Å². The van der Waals surface area contributed by atoms with Crippen LogP contribution in [0, 0.1) is 0 Å². The van der Waals surface area contributed by atoms with E-state index in [0.717, 1.165) is 17.0 Å². The molecule has 30 heavy (non-hydrogen) atoms. The fourth-order valence-corrected chi connectivity index (χ4v) is 3.05. The Morgan fingerprint density at radius 3 is 2.57 bits per heavy atom. The lowest BCUT2D eigenvalue weighted by Crippen LogP contribution is -2.49. The molecule has 0 aliphatic carbocycles. The third-order valence-corrected chi connectivity index (χ3v) is 4.73. The van der Waals surface area contributed by atoms with Crippen LogP contribution in [-0.2, 0) is 15.8 Å². The fraction of sp³-hybridized carbons (Fsp3) is 0.211. The van der Waals surface area contributed by atoms with Gasteiger partial charge in [-0.05, 0) is 43.3 Å². The van der Waals surface area contributed by atoms with Gasteiger partial charge in [-0.25, -0.2) is 4.79 Å². The van der Waals surface area contributed by atoms with Gasteiger partial charge in [0.15, 0.2) is 6.61 Å². The molecule has 0 saturated heterocycles. The SMILES string of the molecule is CC(C(=O)Nc1cc(C(F)(F)F)ccc1Cl)N1C(=O)COc2ccc(C(=O)O)cc21. The van der Waals surface area contributed by atoms with Crippen LogP contribution < -0.4 is 15.0 Å². The summed E-state index contributed by atoms with van der Waals surface area (Å²) in [6.45, 7) is 0.957. The van der Waals surface area contributed by atoms with Gasteiger partial charge in [-0.1, -0.05) is 11.6 Å². The first-order chi connectivity index (χ1) is 14.0. The van der Waals surface area contributed by atoms with Crippen LogP contribution in [0.2, 0.25) is 5.02 Å². The summed E-state index contributed by atoms with van der Waals surface area (Å²) in [7, 11) is 0. The van der Waals surface area contributed by atoms with Crippen LogP contribution >= 0.6 is 11.6 Å². The molecule has 0 radical (unpaired) electrons. The third-order valence-electron chi connectivity index (χ3n) is 4.40. The summed E-state index contributed by atoms with van der Waals surface area (Å²) in [5.74, 6) is -2.50. The highest BCUT2D eigenvalue weighted by atomic mass is 35.5. The minimum absolute atomic E-state index is 0.0592. The van der Waals surface area contributed by atoms with E-state index >= 15 is 0 Å². The summed E-state index contributed by atoms with van der Waals surface area (Å²) < 4.78 is 44.1. The van der Waals surface area contributed by atoms with Crippen LogP contribution in [-0.4, -0.2) is 35.5 Å².